The van der Waals surface area contributed by atoms with Crippen LogP contribution in [0.4, 0.5) is 0 Å². The normalized spacial score (nSPS) is 10.1. The number of ether oxygens (including phenoxy) is 1. The molecule has 6 heteroatoms. The lowest BCUT2D eigenvalue weighted by molar-refractivity contribution is 0.0600. The highest BCUT2D eigenvalue weighted by Crippen LogP contribution is 2.15. The Balaban J connectivity index is 2.02. The summed E-state index contributed by atoms with van der Waals surface area (Å²) < 4.78 is 4.60. The van der Waals surface area contributed by atoms with Crippen LogP contribution in [-0.4, -0.2) is 24.9 Å². The summed E-state index contributed by atoms with van der Waals surface area (Å²) in [6.45, 7) is 5.85. The zero-order valence-electron chi connectivity index (χ0n) is 14.6. The lowest BCUT2D eigenvalue weighted by atomic mass is 10.0. The molecule has 6 nitrogen and oxygen atoms in total. The molecular formula is C19H20N2O4. The second kappa shape index (κ2) is 7.61. The second-order valence-corrected chi connectivity index (χ2v) is 5.71. The Morgan fingerprint density at radius 1 is 0.760 bits per heavy atom. The molecule has 0 aromatic heterocycles. The van der Waals surface area contributed by atoms with Gasteiger partial charge in [0.25, 0.3) is 11.8 Å². The maximum atomic E-state index is 12.2. The molecule has 2 aromatic carbocycles. The van der Waals surface area contributed by atoms with Crippen LogP contribution in [-0.2, 0) is 4.74 Å². The van der Waals surface area contributed by atoms with Gasteiger partial charge in [-0.15, -0.1) is 0 Å². The van der Waals surface area contributed by atoms with Crippen molar-refractivity contribution < 1.29 is 19.1 Å². The van der Waals surface area contributed by atoms with Crippen LogP contribution in [0.2, 0.25) is 0 Å². The van der Waals surface area contributed by atoms with Crippen molar-refractivity contribution in [2.45, 2.75) is 20.8 Å². The molecule has 0 aliphatic carbocycles. The maximum Gasteiger partial charge on any atom is 0.337 e. The van der Waals surface area contributed by atoms with Gasteiger partial charge in [0.15, 0.2) is 0 Å². The summed E-state index contributed by atoms with van der Waals surface area (Å²) in [4.78, 5) is 35.6. The van der Waals surface area contributed by atoms with Crippen molar-refractivity contribution in [1.29, 1.82) is 0 Å². The van der Waals surface area contributed by atoms with Crippen molar-refractivity contribution in [3.63, 3.8) is 0 Å². The molecule has 0 unspecified atom stereocenters. The van der Waals surface area contributed by atoms with E-state index >= 15 is 0 Å². The van der Waals surface area contributed by atoms with Gasteiger partial charge in [0, 0.05) is 11.1 Å². The standard InChI is InChI=1S/C19H20N2O4/c1-11-9-16(10-12(2)13(11)3)18(23)21-20-17(22)14-5-7-15(8-6-14)19(24)25-4/h5-10H,1-4H3,(H,20,22)(H,21,23). The first-order valence-corrected chi connectivity index (χ1v) is 7.70. The van der Waals surface area contributed by atoms with Gasteiger partial charge in [-0.05, 0) is 73.9 Å². The van der Waals surface area contributed by atoms with E-state index in [-0.39, 0.29) is 0 Å². The second-order valence-electron chi connectivity index (χ2n) is 5.71. The summed E-state index contributed by atoms with van der Waals surface area (Å²) in [5.74, 6) is -1.36. The summed E-state index contributed by atoms with van der Waals surface area (Å²) in [6.07, 6.45) is 0. The molecule has 0 spiro atoms. The molecule has 0 aliphatic rings. The van der Waals surface area contributed by atoms with Crippen molar-refractivity contribution in [3.8, 4) is 0 Å². The minimum atomic E-state index is -0.481. The van der Waals surface area contributed by atoms with Gasteiger partial charge in [-0.1, -0.05) is 0 Å². The summed E-state index contributed by atoms with van der Waals surface area (Å²) in [5, 5.41) is 0. The minimum absolute atomic E-state index is 0.309. The highest BCUT2D eigenvalue weighted by Gasteiger charge is 2.12. The molecule has 2 aromatic rings. The third-order valence-corrected chi connectivity index (χ3v) is 4.05. The Morgan fingerprint density at radius 3 is 1.68 bits per heavy atom. The van der Waals surface area contributed by atoms with Gasteiger partial charge in [-0.3, -0.25) is 20.4 Å². The number of carbonyl (C=O) groups excluding carboxylic acids is 3. The van der Waals surface area contributed by atoms with Crippen LogP contribution in [0.1, 0.15) is 47.8 Å². The first-order chi connectivity index (χ1) is 11.8. The largest absolute Gasteiger partial charge is 0.465 e. The number of esters is 1. The average molecular weight is 340 g/mol. The SMILES string of the molecule is COC(=O)c1ccc(C(=O)NNC(=O)c2cc(C)c(C)c(C)c2)cc1. The molecule has 2 amide bonds. The minimum Gasteiger partial charge on any atom is -0.465 e. The number of aryl methyl sites for hydroxylation is 2. The van der Waals surface area contributed by atoms with E-state index in [0.717, 1.165) is 16.7 Å². The Hall–Kier alpha value is -3.15. The summed E-state index contributed by atoms with van der Waals surface area (Å²) in [5.41, 5.74) is 9.02. The van der Waals surface area contributed by atoms with E-state index < -0.39 is 17.8 Å². The number of hydrogen-bond acceptors (Lipinski definition) is 4. The van der Waals surface area contributed by atoms with Gasteiger partial charge in [0.1, 0.15) is 0 Å². The molecular weight excluding hydrogens is 320 g/mol. The van der Waals surface area contributed by atoms with Crippen LogP contribution in [0.3, 0.4) is 0 Å². The average Bonchev–Trinajstić information content (AvgIpc) is 2.62. The number of benzene rings is 2. The monoisotopic (exact) mass is 340 g/mol. The molecule has 0 radical (unpaired) electrons. The fraction of sp³-hybridized carbons (Fsp3) is 0.211. The third kappa shape index (κ3) is 4.23. The molecule has 2 N–H and O–H groups in total. The Morgan fingerprint density at radius 2 is 1.20 bits per heavy atom. The molecule has 130 valence electrons. The lowest BCUT2D eigenvalue weighted by Gasteiger charge is -2.11. The molecule has 25 heavy (non-hydrogen) atoms. The van der Waals surface area contributed by atoms with Crippen molar-refractivity contribution in [2.75, 3.05) is 7.11 Å². The molecule has 0 saturated heterocycles. The van der Waals surface area contributed by atoms with E-state index in [2.05, 4.69) is 15.6 Å². The summed E-state index contributed by atoms with van der Waals surface area (Å²) in [6, 6.07) is 9.47. The number of amides is 2. The zero-order chi connectivity index (χ0) is 18.6. The van der Waals surface area contributed by atoms with Gasteiger partial charge in [0.05, 0.1) is 12.7 Å². The fourth-order valence-corrected chi connectivity index (χ4v) is 2.30. The Bertz CT molecular complexity index is 803. The molecule has 0 bridgehead atoms. The molecule has 0 fully saturated rings. The predicted octanol–water partition coefficient (Wildman–Crippen LogP) is 2.47. The van der Waals surface area contributed by atoms with E-state index in [1.807, 2.05) is 20.8 Å². The predicted molar refractivity (Wildman–Crippen MR) is 93.4 cm³/mol. The zero-order valence-corrected chi connectivity index (χ0v) is 14.6. The van der Waals surface area contributed by atoms with Crippen LogP contribution < -0.4 is 10.9 Å². The number of methoxy groups -OCH3 is 1. The number of nitrogens with one attached hydrogen (secondary N) is 2. The Labute approximate surface area is 146 Å². The van der Waals surface area contributed by atoms with E-state index in [1.165, 1.54) is 31.4 Å². The first-order valence-electron chi connectivity index (χ1n) is 7.70. The van der Waals surface area contributed by atoms with Gasteiger partial charge in [-0.25, -0.2) is 4.79 Å². The summed E-state index contributed by atoms with van der Waals surface area (Å²) >= 11 is 0. The highest BCUT2D eigenvalue weighted by molar-refractivity contribution is 6.00. The molecule has 2 rings (SSSR count). The summed E-state index contributed by atoms with van der Waals surface area (Å²) in [7, 11) is 1.28. The maximum absolute atomic E-state index is 12.2. The molecule has 0 aliphatic heterocycles. The number of rotatable bonds is 3. The smallest absolute Gasteiger partial charge is 0.337 e. The highest BCUT2D eigenvalue weighted by atomic mass is 16.5. The third-order valence-electron chi connectivity index (χ3n) is 4.05. The van der Waals surface area contributed by atoms with E-state index in [1.54, 1.807) is 12.1 Å². The van der Waals surface area contributed by atoms with Gasteiger partial charge >= 0.3 is 5.97 Å². The van der Waals surface area contributed by atoms with E-state index in [4.69, 9.17) is 0 Å². The topological polar surface area (TPSA) is 84.5 Å². The molecule has 0 saturated carbocycles. The lowest BCUT2D eigenvalue weighted by Crippen LogP contribution is -2.41. The number of carbonyl (C=O) groups is 3. The van der Waals surface area contributed by atoms with Gasteiger partial charge in [0.2, 0.25) is 0 Å². The van der Waals surface area contributed by atoms with Crippen LogP contribution in [0.15, 0.2) is 36.4 Å². The van der Waals surface area contributed by atoms with Crippen LogP contribution in [0, 0.1) is 20.8 Å². The van der Waals surface area contributed by atoms with Crippen molar-refractivity contribution in [3.05, 3.63) is 69.8 Å². The van der Waals surface area contributed by atoms with Gasteiger partial charge in [-0.2, -0.15) is 0 Å². The number of hydrazine groups is 1. The number of hydrogen-bond donors (Lipinski definition) is 2. The Kier molecular flexibility index (Phi) is 5.54. The van der Waals surface area contributed by atoms with E-state index in [9.17, 15) is 14.4 Å². The van der Waals surface area contributed by atoms with Gasteiger partial charge < -0.3 is 4.74 Å². The fourth-order valence-electron chi connectivity index (χ4n) is 2.30. The van der Waals surface area contributed by atoms with Crippen LogP contribution >= 0.6 is 0 Å². The van der Waals surface area contributed by atoms with Crippen LogP contribution in [0.25, 0.3) is 0 Å². The van der Waals surface area contributed by atoms with Crippen molar-refractivity contribution in [2.24, 2.45) is 0 Å². The molecule has 0 heterocycles. The van der Waals surface area contributed by atoms with Crippen molar-refractivity contribution in [1.82, 2.24) is 10.9 Å². The first kappa shape index (κ1) is 18.2. The van der Waals surface area contributed by atoms with Crippen LogP contribution in [0.5, 0.6) is 0 Å². The molecule has 0 atom stereocenters. The quantitative estimate of drug-likeness (QED) is 0.664. The van der Waals surface area contributed by atoms with E-state index in [0.29, 0.717) is 16.7 Å². The van der Waals surface area contributed by atoms with Crippen molar-refractivity contribution >= 4 is 17.8 Å².